The summed E-state index contributed by atoms with van der Waals surface area (Å²) < 4.78 is 7.40. The lowest BCUT2D eigenvalue weighted by Gasteiger charge is -2.12. The van der Waals surface area contributed by atoms with Gasteiger partial charge in [0.15, 0.2) is 5.13 Å². The number of hydrogen-bond acceptors (Lipinski definition) is 6. The minimum absolute atomic E-state index is 0.310. The summed E-state index contributed by atoms with van der Waals surface area (Å²) >= 11 is 20.7. The van der Waals surface area contributed by atoms with Crippen LogP contribution >= 0.6 is 66.4 Å². The Hall–Kier alpha value is -3.21. The number of halogens is 4. The van der Waals surface area contributed by atoms with Crippen LogP contribution in [0.25, 0.3) is 11.3 Å². The lowest BCUT2D eigenvalue weighted by atomic mass is 10.1. The Bertz CT molecular complexity index is 1740. The number of nitrogens with one attached hydrogen (secondary N) is 2. The van der Waals surface area contributed by atoms with Crippen LogP contribution in [0.3, 0.4) is 0 Å². The summed E-state index contributed by atoms with van der Waals surface area (Å²) in [6.07, 6.45) is 1.56. The SMILES string of the molecule is Cc1ccc(Nc2nc(-c3ccc(C(=O)N/N=C\c4cc(Br)c(OCc5ccc(Cl)c(Cl)c5)c(Br)c4)cc3)cs2)cc1. The third-order valence-corrected chi connectivity index (χ3v) is 8.69. The molecule has 0 spiro atoms. The van der Waals surface area contributed by atoms with Gasteiger partial charge >= 0.3 is 0 Å². The molecule has 2 N–H and O–H groups in total. The van der Waals surface area contributed by atoms with Gasteiger partial charge in [0.05, 0.1) is 30.9 Å². The second-order valence-electron chi connectivity index (χ2n) is 9.16. The number of aryl methyl sites for hydroxylation is 1. The summed E-state index contributed by atoms with van der Waals surface area (Å²) in [6, 6.07) is 24.4. The van der Waals surface area contributed by atoms with Crippen LogP contribution in [0.4, 0.5) is 10.8 Å². The maximum absolute atomic E-state index is 12.7. The van der Waals surface area contributed by atoms with E-state index in [2.05, 4.69) is 71.7 Å². The van der Waals surface area contributed by atoms with Crippen molar-refractivity contribution < 1.29 is 9.53 Å². The minimum Gasteiger partial charge on any atom is -0.487 e. The Morgan fingerprint density at radius 2 is 1.69 bits per heavy atom. The van der Waals surface area contributed by atoms with E-state index in [0.717, 1.165) is 42.1 Å². The van der Waals surface area contributed by atoms with E-state index in [1.165, 1.54) is 16.9 Å². The van der Waals surface area contributed by atoms with Crippen molar-refractivity contribution in [3.8, 4) is 17.0 Å². The molecule has 5 rings (SSSR count). The average molecular weight is 745 g/mol. The van der Waals surface area contributed by atoms with E-state index in [9.17, 15) is 4.79 Å². The predicted molar refractivity (Wildman–Crippen MR) is 180 cm³/mol. The molecule has 0 aliphatic carbocycles. The summed E-state index contributed by atoms with van der Waals surface area (Å²) in [6.45, 7) is 2.36. The van der Waals surface area contributed by atoms with Crippen LogP contribution in [0.5, 0.6) is 5.75 Å². The monoisotopic (exact) mass is 742 g/mol. The highest BCUT2D eigenvalue weighted by molar-refractivity contribution is 9.11. The molecule has 11 heteroatoms. The number of thiazole rings is 1. The van der Waals surface area contributed by atoms with E-state index < -0.39 is 0 Å². The number of carbonyl (C=O) groups excluding carboxylic acids is 1. The maximum atomic E-state index is 12.7. The average Bonchev–Trinajstić information content (AvgIpc) is 3.44. The normalized spacial score (nSPS) is 11.1. The van der Waals surface area contributed by atoms with Crippen molar-refractivity contribution in [2.24, 2.45) is 5.10 Å². The molecule has 0 saturated heterocycles. The fraction of sp³-hybridized carbons (Fsp3) is 0.0645. The molecule has 0 aliphatic rings. The van der Waals surface area contributed by atoms with Gasteiger partial charge in [0.1, 0.15) is 12.4 Å². The van der Waals surface area contributed by atoms with E-state index in [4.69, 9.17) is 27.9 Å². The number of aromatic nitrogens is 1. The third kappa shape index (κ3) is 7.79. The highest BCUT2D eigenvalue weighted by atomic mass is 79.9. The molecule has 42 heavy (non-hydrogen) atoms. The number of rotatable bonds is 9. The molecule has 0 fully saturated rings. The van der Waals surface area contributed by atoms with Gasteiger partial charge in [0, 0.05) is 22.2 Å². The summed E-state index contributed by atoms with van der Waals surface area (Å²) in [5, 5.41) is 11.2. The number of nitrogens with zero attached hydrogens (tertiary/aromatic N) is 2. The molecule has 0 unspecified atom stereocenters. The zero-order chi connectivity index (χ0) is 29.6. The quantitative estimate of drug-likeness (QED) is 0.116. The molecule has 1 aromatic heterocycles. The van der Waals surface area contributed by atoms with Gasteiger partial charge in [-0.15, -0.1) is 11.3 Å². The summed E-state index contributed by atoms with van der Waals surface area (Å²) in [5.74, 6) is 0.304. The van der Waals surface area contributed by atoms with Crippen LogP contribution in [-0.4, -0.2) is 17.1 Å². The van der Waals surface area contributed by atoms with Crippen LogP contribution in [0.1, 0.15) is 27.0 Å². The first-order valence-electron chi connectivity index (χ1n) is 12.5. The highest BCUT2D eigenvalue weighted by Gasteiger charge is 2.11. The van der Waals surface area contributed by atoms with Crippen molar-refractivity contribution in [1.82, 2.24) is 10.4 Å². The van der Waals surface area contributed by atoms with Crippen LogP contribution in [0, 0.1) is 6.92 Å². The Labute approximate surface area is 274 Å². The van der Waals surface area contributed by atoms with Gasteiger partial charge in [0.2, 0.25) is 0 Å². The summed E-state index contributed by atoms with van der Waals surface area (Å²) in [7, 11) is 0. The number of amides is 1. The van der Waals surface area contributed by atoms with Crippen LogP contribution in [0.2, 0.25) is 10.0 Å². The summed E-state index contributed by atoms with van der Waals surface area (Å²) in [5.41, 5.74) is 8.63. The first kappa shape index (κ1) is 30.3. The Kier molecular flexibility index (Phi) is 9.97. The first-order valence-corrected chi connectivity index (χ1v) is 15.8. The van der Waals surface area contributed by atoms with Crippen molar-refractivity contribution in [3.05, 3.63) is 125 Å². The zero-order valence-corrected chi connectivity index (χ0v) is 27.5. The molecule has 0 atom stereocenters. The van der Waals surface area contributed by atoms with E-state index in [0.29, 0.717) is 28.0 Å². The van der Waals surface area contributed by atoms with Gasteiger partial charge in [-0.1, -0.05) is 59.1 Å². The van der Waals surface area contributed by atoms with Gasteiger partial charge in [-0.05, 0) is 98.4 Å². The van der Waals surface area contributed by atoms with Crippen molar-refractivity contribution in [2.45, 2.75) is 13.5 Å². The fourth-order valence-corrected chi connectivity index (χ4v) is 6.33. The van der Waals surface area contributed by atoms with Gasteiger partial charge in [-0.2, -0.15) is 5.10 Å². The fourth-order valence-electron chi connectivity index (χ4n) is 3.82. The third-order valence-electron chi connectivity index (χ3n) is 6.02. The van der Waals surface area contributed by atoms with E-state index in [-0.39, 0.29) is 5.91 Å². The molecule has 5 aromatic rings. The largest absolute Gasteiger partial charge is 0.487 e. The lowest BCUT2D eigenvalue weighted by molar-refractivity contribution is 0.0955. The second kappa shape index (κ2) is 13.8. The van der Waals surface area contributed by atoms with Gasteiger partial charge in [0.25, 0.3) is 5.91 Å². The molecule has 0 aliphatic heterocycles. The number of anilines is 2. The number of hydrazone groups is 1. The van der Waals surface area contributed by atoms with Gasteiger partial charge in [-0.3, -0.25) is 4.79 Å². The van der Waals surface area contributed by atoms with Crippen molar-refractivity contribution in [2.75, 3.05) is 5.32 Å². The molecular weight excluding hydrogens is 723 g/mol. The van der Waals surface area contributed by atoms with E-state index >= 15 is 0 Å². The molecule has 6 nitrogen and oxygen atoms in total. The number of hydrogen-bond donors (Lipinski definition) is 2. The van der Waals surface area contributed by atoms with Crippen molar-refractivity contribution >= 4 is 89.3 Å². The zero-order valence-electron chi connectivity index (χ0n) is 22.0. The minimum atomic E-state index is -0.322. The molecule has 212 valence electrons. The highest BCUT2D eigenvalue weighted by Crippen LogP contribution is 2.35. The number of carbonyl (C=O) groups is 1. The second-order valence-corrected chi connectivity index (χ2v) is 12.5. The maximum Gasteiger partial charge on any atom is 0.271 e. The van der Waals surface area contributed by atoms with Crippen LogP contribution in [0.15, 0.2) is 98.3 Å². The van der Waals surface area contributed by atoms with Gasteiger partial charge in [-0.25, -0.2) is 10.4 Å². The summed E-state index contributed by atoms with van der Waals surface area (Å²) in [4.78, 5) is 17.3. The Morgan fingerprint density at radius 3 is 2.38 bits per heavy atom. The molecule has 1 heterocycles. The first-order chi connectivity index (χ1) is 20.2. The lowest BCUT2D eigenvalue weighted by Crippen LogP contribution is -2.17. The molecule has 1 amide bonds. The predicted octanol–water partition coefficient (Wildman–Crippen LogP) is 10.0. The topological polar surface area (TPSA) is 75.6 Å². The van der Waals surface area contributed by atoms with Crippen LogP contribution in [-0.2, 0) is 6.61 Å². The molecular formula is C31H22Br2Cl2N4O2S. The van der Waals surface area contributed by atoms with Crippen LogP contribution < -0.4 is 15.5 Å². The molecule has 4 aromatic carbocycles. The Morgan fingerprint density at radius 1 is 0.976 bits per heavy atom. The molecule has 0 saturated carbocycles. The smallest absolute Gasteiger partial charge is 0.271 e. The standard InChI is InChI=1S/C31H22Br2Cl2N4O2S/c1-18-2-9-23(10-3-18)37-31-38-28(17-42-31)21-5-7-22(8-6-21)30(40)39-36-15-20-12-24(32)29(25(33)13-20)41-16-19-4-11-26(34)27(35)14-19/h2-15,17H,16H2,1H3,(H,37,38)(H,39,40)/b36-15-. The van der Waals surface area contributed by atoms with Crippen molar-refractivity contribution in [1.29, 1.82) is 0 Å². The molecule has 0 radical (unpaired) electrons. The van der Waals surface area contributed by atoms with E-state index in [1.54, 1.807) is 30.5 Å². The van der Waals surface area contributed by atoms with Gasteiger partial charge < -0.3 is 10.1 Å². The Balaban J connectivity index is 1.16. The number of benzene rings is 4. The number of ether oxygens (including phenoxy) is 1. The van der Waals surface area contributed by atoms with Crippen molar-refractivity contribution in [3.63, 3.8) is 0 Å². The molecule has 0 bridgehead atoms. The van der Waals surface area contributed by atoms with E-state index in [1.807, 2.05) is 47.8 Å².